The minimum absolute atomic E-state index is 0.00691. The SMILES string of the molecule is COCCNCc1cc(O)cc(Nc2nc3ccccc3nc2NS(=O)(=O)c2cn(C)cn2)c1. The van der Waals surface area contributed by atoms with E-state index in [0.29, 0.717) is 36.4 Å². The average Bonchev–Trinajstić information content (AvgIpc) is 3.24. The summed E-state index contributed by atoms with van der Waals surface area (Å²) in [6.07, 6.45) is 2.79. The number of phenolic OH excluding ortho intramolecular Hbond substituents is 1. The van der Waals surface area contributed by atoms with Gasteiger partial charge < -0.3 is 25.0 Å². The summed E-state index contributed by atoms with van der Waals surface area (Å²) in [5, 5.41) is 16.4. The standard InChI is InChI=1S/C22H25N7O4S/c1-29-13-20(24-14-29)34(31,32)28-22-21(26-18-5-3-4-6-19(18)27-22)25-16-9-15(10-17(30)11-16)12-23-7-8-33-2/h3-6,9-11,13-14,23,30H,7-8,12H2,1-2H3,(H,25,26)(H,27,28). The Morgan fingerprint density at radius 1 is 1.09 bits per heavy atom. The number of hydrogen-bond acceptors (Lipinski definition) is 9. The van der Waals surface area contributed by atoms with E-state index in [1.165, 1.54) is 23.2 Å². The minimum atomic E-state index is -4.01. The molecule has 0 aliphatic rings. The van der Waals surface area contributed by atoms with Crippen molar-refractivity contribution >= 4 is 38.4 Å². The van der Waals surface area contributed by atoms with E-state index in [4.69, 9.17) is 4.74 Å². The molecule has 2 heterocycles. The molecule has 2 aromatic heterocycles. The van der Waals surface area contributed by atoms with Crippen LogP contribution in [0.15, 0.2) is 60.0 Å². The van der Waals surface area contributed by atoms with E-state index in [1.54, 1.807) is 38.4 Å². The number of anilines is 3. The molecule has 0 saturated carbocycles. The molecule has 0 spiro atoms. The van der Waals surface area contributed by atoms with Crippen molar-refractivity contribution in [3.63, 3.8) is 0 Å². The molecule has 0 radical (unpaired) electrons. The molecule has 4 rings (SSSR count). The van der Waals surface area contributed by atoms with Crippen molar-refractivity contribution in [2.75, 3.05) is 30.3 Å². The molecule has 2 aromatic carbocycles. The van der Waals surface area contributed by atoms with Crippen LogP contribution in [-0.2, 0) is 28.4 Å². The summed E-state index contributed by atoms with van der Waals surface area (Å²) in [6, 6.07) is 12.1. The predicted molar refractivity (Wildman–Crippen MR) is 129 cm³/mol. The first-order chi connectivity index (χ1) is 16.3. The highest BCUT2D eigenvalue weighted by Gasteiger charge is 2.21. The summed E-state index contributed by atoms with van der Waals surface area (Å²) in [5.41, 5.74) is 2.44. The first-order valence-electron chi connectivity index (χ1n) is 10.4. The zero-order valence-electron chi connectivity index (χ0n) is 18.7. The lowest BCUT2D eigenvalue weighted by molar-refractivity contribution is 0.199. The third-order valence-electron chi connectivity index (χ3n) is 4.81. The van der Waals surface area contributed by atoms with Crippen LogP contribution in [0.5, 0.6) is 5.75 Å². The van der Waals surface area contributed by atoms with Crippen LogP contribution < -0.4 is 15.4 Å². The number of methoxy groups -OCH3 is 1. The number of aryl methyl sites for hydroxylation is 1. The highest BCUT2D eigenvalue weighted by molar-refractivity contribution is 7.92. The molecule has 4 aromatic rings. The van der Waals surface area contributed by atoms with Gasteiger partial charge in [-0.15, -0.1) is 0 Å². The zero-order chi connectivity index (χ0) is 24.1. The van der Waals surface area contributed by atoms with E-state index in [0.717, 1.165) is 5.56 Å². The van der Waals surface area contributed by atoms with Gasteiger partial charge in [-0.3, -0.25) is 4.72 Å². The maximum Gasteiger partial charge on any atom is 0.282 e. The van der Waals surface area contributed by atoms with Gasteiger partial charge in [-0.2, -0.15) is 8.42 Å². The number of hydrogen-bond donors (Lipinski definition) is 4. The molecule has 34 heavy (non-hydrogen) atoms. The highest BCUT2D eigenvalue weighted by Crippen LogP contribution is 2.29. The third-order valence-corrected chi connectivity index (χ3v) is 6.03. The fraction of sp³-hybridized carbons (Fsp3) is 0.227. The van der Waals surface area contributed by atoms with Gasteiger partial charge in [-0.05, 0) is 29.8 Å². The van der Waals surface area contributed by atoms with E-state index < -0.39 is 10.0 Å². The topological polar surface area (TPSA) is 143 Å². The summed E-state index contributed by atoms with van der Waals surface area (Å²) in [7, 11) is -0.699. The van der Waals surface area contributed by atoms with Crippen LogP contribution in [-0.4, -0.2) is 53.3 Å². The van der Waals surface area contributed by atoms with Crippen molar-refractivity contribution in [3.05, 3.63) is 60.6 Å². The van der Waals surface area contributed by atoms with Gasteiger partial charge in [-0.25, -0.2) is 15.0 Å². The molecule has 0 aliphatic carbocycles. The normalized spacial score (nSPS) is 11.6. The fourth-order valence-electron chi connectivity index (χ4n) is 3.26. The summed E-state index contributed by atoms with van der Waals surface area (Å²) in [5.74, 6) is 0.243. The highest BCUT2D eigenvalue weighted by atomic mass is 32.2. The molecule has 178 valence electrons. The third kappa shape index (κ3) is 5.60. The Labute approximate surface area is 196 Å². The molecule has 0 aliphatic heterocycles. The summed E-state index contributed by atoms with van der Waals surface area (Å²) in [6.45, 7) is 1.73. The number of benzene rings is 2. The van der Waals surface area contributed by atoms with Crippen LogP contribution in [0.25, 0.3) is 11.0 Å². The Balaban J connectivity index is 1.67. The minimum Gasteiger partial charge on any atom is -0.508 e. The number of imidazole rings is 1. The Kier molecular flexibility index (Phi) is 6.91. The monoisotopic (exact) mass is 483 g/mol. The average molecular weight is 484 g/mol. The van der Waals surface area contributed by atoms with Crippen molar-refractivity contribution in [2.24, 2.45) is 7.05 Å². The molecule has 0 saturated heterocycles. The second-order valence-corrected chi connectivity index (χ2v) is 9.20. The number of nitrogens with zero attached hydrogens (tertiary/aromatic N) is 4. The Bertz CT molecular complexity index is 1410. The molecule has 0 atom stereocenters. The van der Waals surface area contributed by atoms with Gasteiger partial charge in [0.15, 0.2) is 16.7 Å². The molecule has 11 nitrogen and oxygen atoms in total. The lowest BCUT2D eigenvalue weighted by Crippen LogP contribution is -2.18. The van der Waals surface area contributed by atoms with Crippen LogP contribution >= 0.6 is 0 Å². The summed E-state index contributed by atoms with van der Waals surface area (Å²) in [4.78, 5) is 12.9. The van der Waals surface area contributed by atoms with Crippen molar-refractivity contribution in [3.8, 4) is 5.75 Å². The molecular formula is C22H25N7O4S. The summed E-state index contributed by atoms with van der Waals surface area (Å²) >= 11 is 0. The van der Waals surface area contributed by atoms with Crippen molar-refractivity contribution in [1.82, 2.24) is 24.8 Å². The maximum atomic E-state index is 12.9. The molecule has 0 bridgehead atoms. The fourth-order valence-corrected chi connectivity index (χ4v) is 4.25. The van der Waals surface area contributed by atoms with E-state index >= 15 is 0 Å². The van der Waals surface area contributed by atoms with Crippen LogP contribution in [0, 0.1) is 0 Å². The Morgan fingerprint density at radius 2 is 1.82 bits per heavy atom. The number of sulfonamides is 1. The van der Waals surface area contributed by atoms with Crippen LogP contribution in [0.2, 0.25) is 0 Å². The molecule has 0 fully saturated rings. The van der Waals surface area contributed by atoms with Crippen LogP contribution in [0.4, 0.5) is 17.3 Å². The van der Waals surface area contributed by atoms with Gasteiger partial charge in [0.05, 0.1) is 24.0 Å². The second kappa shape index (κ2) is 10.0. The number of aromatic hydroxyl groups is 1. The second-order valence-electron chi connectivity index (χ2n) is 7.58. The zero-order valence-corrected chi connectivity index (χ0v) is 19.5. The largest absolute Gasteiger partial charge is 0.508 e. The number of nitrogens with one attached hydrogen (secondary N) is 3. The van der Waals surface area contributed by atoms with Crippen LogP contribution in [0.3, 0.4) is 0 Å². The first-order valence-corrected chi connectivity index (χ1v) is 11.9. The molecule has 0 amide bonds. The Morgan fingerprint density at radius 3 is 2.50 bits per heavy atom. The van der Waals surface area contributed by atoms with E-state index in [2.05, 4.69) is 30.3 Å². The smallest absolute Gasteiger partial charge is 0.282 e. The van der Waals surface area contributed by atoms with Crippen LogP contribution in [0.1, 0.15) is 5.56 Å². The number of phenols is 1. The van der Waals surface area contributed by atoms with Gasteiger partial charge in [-0.1, -0.05) is 12.1 Å². The number of ether oxygens (including phenoxy) is 1. The quantitative estimate of drug-likeness (QED) is 0.250. The molecule has 4 N–H and O–H groups in total. The number of fused-ring (bicyclic) bond motifs is 1. The van der Waals surface area contributed by atoms with E-state index in [1.807, 2.05) is 12.1 Å². The van der Waals surface area contributed by atoms with E-state index in [-0.39, 0.29) is 22.4 Å². The Hall–Kier alpha value is -3.74. The van der Waals surface area contributed by atoms with Gasteiger partial charge in [0, 0.05) is 45.2 Å². The predicted octanol–water partition coefficient (Wildman–Crippen LogP) is 2.35. The van der Waals surface area contributed by atoms with Crippen molar-refractivity contribution < 1.29 is 18.3 Å². The molecular weight excluding hydrogens is 458 g/mol. The van der Waals surface area contributed by atoms with Gasteiger partial charge in [0.2, 0.25) is 0 Å². The lowest BCUT2D eigenvalue weighted by atomic mass is 10.2. The molecule has 0 unspecified atom stereocenters. The maximum absolute atomic E-state index is 12.9. The number of para-hydroxylation sites is 2. The van der Waals surface area contributed by atoms with Crippen molar-refractivity contribution in [2.45, 2.75) is 11.6 Å². The van der Waals surface area contributed by atoms with Crippen molar-refractivity contribution in [1.29, 1.82) is 0 Å². The summed E-state index contributed by atoms with van der Waals surface area (Å²) < 4.78 is 34.8. The lowest BCUT2D eigenvalue weighted by Gasteiger charge is -2.14. The molecule has 12 heteroatoms. The van der Waals surface area contributed by atoms with E-state index in [9.17, 15) is 13.5 Å². The van der Waals surface area contributed by atoms with Gasteiger partial charge >= 0.3 is 0 Å². The first kappa shape index (κ1) is 23.4. The number of aromatic nitrogens is 4. The number of rotatable bonds is 10. The van der Waals surface area contributed by atoms with Gasteiger partial charge in [0.1, 0.15) is 5.75 Å². The van der Waals surface area contributed by atoms with Gasteiger partial charge in [0.25, 0.3) is 10.0 Å².